The maximum Gasteiger partial charge on any atom is 0.240 e. The van der Waals surface area contributed by atoms with Gasteiger partial charge in [0.15, 0.2) is 0 Å². The second kappa shape index (κ2) is 4.97. The van der Waals surface area contributed by atoms with Crippen molar-refractivity contribution in [1.29, 1.82) is 5.26 Å². The van der Waals surface area contributed by atoms with Gasteiger partial charge in [0.1, 0.15) is 5.41 Å². The van der Waals surface area contributed by atoms with Crippen molar-refractivity contribution < 1.29 is 9.59 Å². The summed E-state index contributed by atoms with van der Waals surface area (Å²) >= 11 is 0. The first kappa shape index (κ1) is 14.4. The lowest BCUT2D eigenvalue weighted by molar-refractivity contribution is -0.129. The number of amides is 2. The lowest BCUT2D eigenvalue weighted by Crippen LogP contribution is -2.50. The second-order valence-electron chi connectivity index (χ2n) is 4.78. The molecule has 0 fully saturated rings. The Kier molecular flexibility index (Phi) is 4.48. The average molecular weight is 225 g/mol. The molecule has 0 heterocycles. The molecule has 0 aromatic rings. The highest BCUT2D eigenvalue weighted by Gasteiger charge is 2.35. The van der Waals surface area contributed by atoms with Crippen molar-refractivity contribution in [3.63, 3.8) is 0 Å². The highest BCUT2D eigenvalue weighted by atomic mass is 16.2. The molecule has 0 spiro atoms. The molecule has 0 aliphatic heterocycles. The molecule has 0 saturated heterocycles. The molecule has 0 aliphatic rings. The molecule has 0 saturated carbocycles. The minimum Gasteiger partial charge on any atom is -0.370 e. The van der Waals surface area contributed by atoms with Gasteiger partial charge in [0.05, 0.1) is 6.07 Å². The van der Waals surface area contributed by atoms with Gasteiger partial charge < -0.3 is 11.1 Å². The van der Waals surface area contributed by atoms with Crippen molar-refractivity contribution >= 4 is 11.8 Å². The maximum atomic E-state index is 11.8. The number of nitrogens with zero attached hydrogens (tertiary/aromatic N) is 1. The van der Waals surface area contributed by atoms with E-state index >= 15 is 0 Å². The van der Waals surface area contributed by atoms with Crippen LogP contribution < -0.4 is 11.1 Å². The van der Waals surface area contributed by atoms with Crippen molar-refractivity contribution in [3.05, 3.63) is 0 Å². The minimum absolute atomic E-state index is 0.0456. The Morgan fingerprint density at radius 2 is 1.88 bits per heavy atom. The van der Waals surface area contributed by atoms with E-state index in [-0.39, 0.29) is 12.3 Å². The topological polar surface area (TPSA) is 96.0 Å². The number of hydrogen-bond donors (Lipinski definition) is 2. The lowest BCUT2D eigenvalue weighted by Gasteiger charge is -2.29. The standard InChI is InChI=1S/C11H19N3O2/c1-5-11(4,7-12)9(16)14-10(2,3)6-8(13)15/h5-6H2,1-4H3,(H2,13,15)(H,14,16). The molecular weight excluding hydrogens is 206 g/mol. The summed E-state index contributed by atoms with van der Waals surface area (Å²) in [7, 11) is 0. The van der Waals surface area contributed by atoms with Crippen LogP contribution in [0.5, 0.6) is 0 Å². The van der Waals surface area contributed by atoms with Crippen LogP contribution in [0.3, 0.4) is 0 Å². The molecular formula is C11H19N3O2. The Morgan fingerprint density at radius 1 is 1.38 bits per heavy atom. The molecule has 0 aliphatic carbocycles. The van der Waals surface area contributed by atoms with E-state index in [1.807, 2.05) is 6.07 Å². The summed E-state index contributed by atoms with van der Waals surface area (Å²) in [6.45, 7) is 6.73. The zero-order chi connectivity index (χ0) is 13.0. The summed E-state index contributed by atoms with van der Waals surface area (Å²) in [4.78, 5) is 22.6. The van der Waals surface area contributed by atoms with E-state index in [1.165, 1.54) is 0 Å². The number of nitriles is 1. The summed E-state index contributed by atoms with van der Waals surface area (Å²) in [6.07, 6.45) is 0.464. The lowest BCUT2D eigenvalue weighted by atomic mass is 9.86. The fourth-order valence-corrected chi connectivity index (χ4v) is 1.22. The molecule has 5 heteroatoms. The molecule has 0 radical (unpaired) electrons. The fraction of sp³-hybridized carbons (Fsp3) is 0.727. The first-order valence-corrected chi connectivity index (χ1v) is 5.19. The molecule has 16 heavy (non-hydrogen) atoms. The zero-order valence-electron chi connectivity index (χ0n) is 10.3. The third-order valence-corrected chi connectivity index (χ3v) is 2.52. The Balaban J connectivity index is 4.69. The van der Waals surface area contributed by atoms with Crippen molar-refractivity contribution in [2.24, 2.45) is 11.1 Å². The van der Waals surface area contributed by atoms with E-state index in [0.717, 1.165) is 0 Å². The predicted octanol–water partition coefficient (Wildman–Crippen LogP) is 0.696. The van der Waals surface area contributed by atoms with Crippen LogP contribution in [0, 0.1) is 16.7 Å². The number of primary amides is 1. The van der Waals surface area contributed by atoms with E-state index in [0.29, 0.717) is 6.42 Å². The van der Waals surface area contributed by atoms with Crippen LogP contribution in [0.2, 0.25) is 0 Å². The van der Waals surface area contributed by atoms with Gasteiger partial charge in [-0.2, -0.15) is 5.26 Å². The molecule has 0 bridgehead atoms. The molecule has 90 valence electrons. The van der Waals surface area contributed by atoms with Crippen LogP contribution in [-0.4, -0.2) is 17.4 Å². The SMILES string of the molecule is CCC(C)(C#N)C(=O)NC(C)(C)CC(N)=O. The monoisotopic (exact) mass is 225 g/mol. The molecule has 5 nitrogen and oxygen atoms in total. The summed E-state index contributed by atoms with van der Waals surface area (Å²) in [5, 5.41) is 11.6. The van der Waals surface area contributed by atoms with Crippen LogP contribution in [0.4, 0.5) is 0 Å². The van der Waals surface area contributed by atoms with Crippen LogP contribution >= 0.6 is 0 Å². The quantitative estimate of drug-likeness (QED) is 0.720. The number of hydrogen-bond acceptors (Lipinski definition) is 3. The largest absolute Gasteiger partial charge is 0.370 e. The Bertz CT molecular complexity index is 331. The molecule has 0 aromatic carbocycles. The average Bonchev–Trinajstić information content (AvgIpc) is 2.13. The number of rotatable bonds is 5. The van der Waals surface area contributed by atoms with E-state index in [9.17, 15) is 9.59 Å². The van der Waals surface area contributed by atoms with Crippen LogP contribution in [0.15, 0.2) is 0 Å². The summed E-state index contributed by atoms with van der Waals surface area (Å²) in [5.41, 5.74) is 3.29. The van der Waals surface area contributed by atoms with E-state index in [4.69, 9.17) is 11.0 Å². The number of nitrogens with one attached hydrogen (secondary N) is 1. The van der Waals surface area contributed by atoms with Gasteiger partial charge in [0.2, 0.25) is 11.8 Å². The first-order valence-electron chi connectivity index (χ1n) is 5.19. The Morgan fingerprint density at radius 3 is 2.19 bits per heavy atom. The smallest absolute Gasteiger partial charge is 0.240 e. The van der Waals surface area contributed by atoms with E-state index < -0.39 is 16.9 Å². The summed E-state index contributed by atoms with van der Waals surface area (Å²) in [6, 6.07) is 1.98. The molecule has 1 atom stereocenters. The number of carbonyl (C=O) groups is 2. The van der Waals surface area contributed by atoms with Crippen molar-refractivity contribution in [2.45, 2.75) is 46.1 Å². The van der Waals surface area contributed by atoms with E-state index in [2.05, 4.69) is 5.32 Å². The minimum atomic E-state index is -1.06. The predicted molar refractivity (Wildman–Crippen MR) is 60.0 cm³/mol. The fourth-order valence-electron chi connectivity index (χ4n) is 1.22. The van der Waals surface area contributed by atoms with Crippen LogP contribution in [-0.2, 0) is 9.59 Å². The van der Waals surface area contributed by atoms with Gasteiger partial charge in [0.25, 0.3) is 0 Å². The molecule has 3 N–H and O–H groups in total. The first-order chi connectivity index (χ1) is 7.17. The maximum absolute atomic E-state index is 11.8. The van der Waals surface area contributed by atoms with Gasteiger partial charge in [0, 0.05) is 12.0 Å². The third-order valence-electron chi connectivity index (χ3n) is 2.52. The van der Waals surface area contributed by atoms with Crippen LogP contribution in [0.1, 0.15) is 40.5 Å². The Labute approximate surface area is 96.0 Å². The van der Waals surface area contributed by atoms with Crippen molar-refractivity contribution in [3.8, 4) is 6.07 Å². The zero-order valence-corrected chi connectivity index (χ0v) is 10.3. The third kappa shape index (κ3) is 3.89. The van der Waals surface area contributed by atoms with Crippen LogP contribution in [0.25, 0.3) is 0 Å². The normalized spacial score (nSPS) is 14.7. The van der Waals surface area contributed by atoms with Gasteiger partial charge in [-0.3, -0.25) is 9.59 Å². The molecule has 0 rings (SSSR count). The highest BCUT2D eigenvalue weighted by Crippen LogP contribution is 2.21. The molecule has 0 aromatic heterocycles. The van der Waals surface area contributed by atoms with Crippen molar-refractivity contribution in [1.82, 2.24) is 5.32 Å². The number of carbonyl (C=O) groups excluding carboxylic acids is 2. The molecule has 1 unspecified atom stereocenters. The van der Waals surface area contributed by atoms with Gasteiger partial charge in [-0.25, -0.2) is 0 Å². The van der Waals surface area contributed by atoms with Crippen molar-refractivity contribution in [2.75, 3.05) is 0 Å². The van der Waals surface area contributed by atoms with Gasteiger partial charge in [-0.15, -0.1) is 0 Å². The number of nitrogens with two attached hydrogens (primary N) is 1. The second-order valence-corrected chi connectivity index (χ2v) is 4.78. The Hall–Kier alpha value is -1.57. The van der Waals surface area contributed by atoms with Gasteiger partial charge in [-0.1, -0.05) is 6.92 Å². The summed E-state index contributed by atoms with van der Waals surface area (Å²) in [5.74, 6) is -0.857. The molecule has 2 amide bonds. The van der Waals surface area contributed by atoms with Gasteiger partial charge in [-0.05, 0) is 27.2 Å². The van der Waals surface area contributed by atoms with Gasteiger partial charge >= 0.3 is 0 Å². The summed E-state index contributed by atoms with van der Waals surface area (Å²) < 4.78 is 0. The highest BCUT2D eigenvalue weighted by molar-refractivity contribution is 5.86. The van der Waals surface area contributed by atoms with E-state index in [1.54, 1.807) is 27.7 Å².